The first-order valence-electron chi connectivity index (χ1n) is 3.94. The van der Waals surface area contributed by atoms with Crippen molar-refractivity contribution in [1.29, 1.82) is 0 Å². The normalized spacial score (nSPS) is 9.50. The number of aryl methyl sites for hydroxylation is 1. The summed E-state index contributed by atoms with van der Waals surface area (Å²) in [5.41, 5.74) is 2.13. The first-order chi connectivity index (χ1) is 5.70. The Hall–Kier alpha value is -1.24. The largest absolute Gasteiger partial charge is 0.488 e. The van der Waals surface area contributed by atoms with Gasteiger partial charge in [-0.1, -0.05) is 24.8 Å². The Balaban J connectivity index is 2.63. The van der Waals surface area contributed by atoms with E-state index in [0.717, 1.165) is 16.9 Å². The number of benzene rings is 1. The summed E-state index contributed by atoms with van der Waals surface area (Å²) in [4.78, 5) is 0. The van der Waals surface area contributed by atoms with Crippen molar-refractivity contribution < 1.29 is 4.74 Å². The summed E-state index contributed by atoms with van der Waals surface area (Å²) in [6.45, 7) is 8.28. The van der Waals surface area contributed by atoms with E-state index in [9.17, 15) is 0 Å². The summed E-state index contributed by atoms with van der Waals surface area (Å²) in [6, 6.07) is 8.83. The van der Waals surface area contributed by atoms with Crippen molar-refractivity contribution in [2.45, 2.75) is 13.8 Å². The molecule has 1 nitrogen and oxygen atoms in total. The summed E-state index contributed by atoms with van der Waals surface area (Å²) >= 11 is 0. The molecule has 0 aromatic heterocycles. The quantitative estimate of drug-likeness (QED) is 0.619. The van der Waals surface area contributed by atoms with E-state index in [1.54, 1.807) is 0 Å². The summed E-state index contributed by atoms with van der Waals surface area (Å²) in [5, 5.41) is 0. The molecular weight excluding hydrogens is 148 g/mol. The smallest absolute Gasteiger partial charge is 0.130 e. The predicted molar refractivity (Wildman–Crippen MR) is 50.3 cm³/mol. The average Bonchev–Trinajstić information content (AvgIpc) is 2.03. The molecule has 1 rings (SSSR count). The molecule has 1 radical (unpaired) electrons. The van der Waals surface area contributed by atoms with Crippen LogP contribution in [0.4, 0.5) is 0 Å². The molecule has 0 saturated heterocycles. The third-order valence-electron chi connectivity index (χ3n) is 1.48. The molecule has 0 fully saturated rings. The maximum Gasteiger partial charge on any atom is 0.130 e. The zero-order chi connectivity index (χ0) is 8.97. The van der Waals surface area contributed by atoms with Gasteiger partial charge in [0.05, 0.1) is 0 Å². The minimum Gasteiger partial charge on any atom is -0.488 e. The van der Waals surface area contributed by atoms with E-state index in [1.165, 1.54) is 0 Å². The summed E-state index contributed by atoms with van der Waals surface area (Å²) in [6.07, 6.45) is 0. The highest BCUT2D eigenvalue weighted by Gasteiger charge is 1.96. The van der Waals surface area contributed by atoms with Crippen LogP contribution in [0.1, 0.15) is 12.5 Å². The van der Waals surface area contributed by atoms with Crippen LogP contribution in [0.5, 0.6) is 5.75 Å². The van der Waals surface area contributed by atoms with Crippen LogP contribution in [0.2, 0.25) is 0 Å². The number of rotatable bonds is 3. The van der Waals surface area contributed by atoms with E-state index in [4.69, 9.17) is 4.74 Å². The topological polar surface area (TPSA) is 9.23 Å². The van der Waals surface area contributed by atoms with Gasteiger partial charge in [0, 0.05) is 6.07 Å². The van der Waals surface area contributed by atoms with Gasteiger partial charge in [0.25, 0.3) is 0 Å². The molecular formula is C11H13O. The third-order valence-corrected chi connectivity index (χ3v) is 1.48. The fraction of sp³-hybridized carbons (Fsp3) is 0.273. The van der Waals surface area contributed by atoms with Crippen LogP contribution in [-0.4, -0.2) is 6.61 Å². The molecule has 0 spiro atoms. The van der Waals surface area contributed by atoms with Crippen LogP contribution in [0, 0.1) is 13.0 Å². The second-order valence-electron chi connectivity index (χ2n) is 2.93. The maximum absolute atomic E-state index is 5.44. The molecule has 1 aromatic carbocycles. The van der Waals surface area contributed by atoms with E-state index in [2.05, 4.69) is 12.6 Å². The van der Waals surface area contributed by atoms with Gasteiger partial charge in [-0.15, -0.1) is 0 Å². The second-order valence-corrected chi connectivity index (χ2v) is 2.93. The van der Waals surface area contributed by atoms with E-state index in [-0.39, 0.29) is 0 Å². The molecule has 1 aromatic rings. The minimum absolute atomic E-state index is 0.571. The standard InChI is InChI=1S/C11H13O/c1-9(2)8-12-11-7-5-4-6-10(11)3/h4-6H,1,8H2,2-3H3. The van der Waals surface area contributed by atoms with E-state index < -0.39 is 0 Å². The Labute approximate surface area is 73.7 Å². The molecule has 0 unspecified atom stereocenters. The van der Waals surface area contributed by atoms with Crippen molar-refractivity contribution in [3.8, 4) is 5.75 Å². The van der Waals surface area contributed by atoms with Crippen molar-refractivity contribution in [3.05, 3.63) is 42.0 Å². The second kappa shape index (κ2) is 3.96. The lowest BCUT2D eigenvalue weighted by molar-refractivity contribution is 0.349. The van der Waals surface area contributed by atoms with Crippen LogP contribution >= 0.6 is 0 Å². The third kappa shape index (κ3) is 2.42. The van der Waals surface area contributed by atoms with Gasteiger partial charge in [-0.3, -0.25) is 0 Å². The molecule has 12 heavy (non-hydrogen) atoms. The van der Waals surface area contributed by atoms with Gasteiger partial charge in [-0.2, -0.15) is 0 Å². The molecule has 0 atom stereocenters. The fourth-order valence-corrected chi connectivity index (χ4v) is 0.857. The number of para-hydroxylation sites is 1. The highest BCUT2D eigenvalue weighted by atomic mass is 16.5. The van der Waals surface area contributed by atoms with Crippen LogP contribution < -0.4 is 4.74 Å². The van der Waals surface area contributed by atoms with Crippen LogP contribution in [0.25, 0.3) is 0 Å². The van der Waals surface area contributed by atoms with Gasteiger partial charge in [-0.05, 0) is 25.0 Å². The lowest BCUT2D eigenvalue weighted by Gasteiger charge is -2.07. The van der Waals surface area contributed by atoms with Crippen molar-refractivity contribution in [2.24, 2.45) is 0 Å². The van der Waals surface area contributed by atoms with Gasteiger partial charge >= 0.3 is 0 Å². The van der Waals surface area contributed by atoms with Crippen molar-refractivity contribution in [2.75, 3.05) is 6.61 Å². The Morgan fingerprint density at radius 2 is 2.42 bits per heavy atom. The van der Waals surface area contributed by atoms with Crippen molar-refractivity contribution in [3.63, 3.8) is 0 Å². The van der Waals surface area contributed by atoms with Gasteiger partial charge in [-0.25, -0.2) is 0 Å². The zero-order valence-corrected chi connectivity index (χ0v) is 7.55. The van der Waals surface area contributed by atoms with Gasteiger partial charge in [0.1, 0.15) is 12.4 Å². The Bertz CT molecular complexity index is 276. The van der Waals surface area contributed by atoms with Crippen molar-refractivity contribution >= 4 is 0 Å². The van der Waals surface area contributed by atoms with E-state index in [1.807, 2.05) is 32.0 Å². The lowest BCUT2D eigenvalue weighted by Crippen LogP contribution is -1.98. The maximum atomic E-state index is 5.44. The van der Waals surface area contributed by atoms with Gasteiger partial charge in [0.2, 0.25) is 0 Å². The van der Waals surface area contributed by atoms with E-state index in [0.29, 0.717) is 6.61 Å². The average molecular weight is 161 g/mol. The number of hydrogen-bond donors (Lipinski definition) is 0. The first kappa shape index (κ1) is 8.85. The Morgan fingerprint density at radius 1 is 1.67 bits per heavy atom. The predicted octanol–water partition coefficient (Wildman–Crippen LogP) is 2.75. The van der Waals surface area contributed by atoms with Crippen LogP contribution in [-0.2, 0) is 0 Å². The monoisotopic (exact) mass is 161 g/mol. The molecule has 0 saturated carbocycles. The van der Waals surface area contributed by atoms with Gasteiger partial charge in [0.15, 0.2) is 0 Å². The highest BCUT2D eigenvalue weighted by molar-refractivity contribution is 5.30. The Kier molecular flexibility index (Phi) is 2.92. The minimum atomic E-state index is 0.571. The highest BCUT2D eigenvalue weighted by Crippen LogP contribution is 2.15. The molecule has 0 bridgehead atoms. The first-order valence-corrected chi connectivity index (χ1v) is 3.94. The molecule has 0 aliphatic carbocycles. The zero-order valence-electron chi connectivity index (χ0n) is 7.55. The number of ether oxygens (including phenoxy) is 1. The van der Waals surface area contributed by atoms with E-state index >= 15 is 0 Å². The summed E-state index contributed by atoms with van der Waals surface area (Å²) in [5.74, 6) is 0.820. The molecule has 0 aliphatic heterocycles. The lowest BCUT2D eigenvalue weighted by atomic mass is 10.2. The molecule has 63 valence electrons. The molecule has 0 heterocycles. The SMILES string of the molecule is C=C(C)COc1[c]cccc1C. The fourth-order valence-electron chi connectivity index (χ4n) is 0.857. The molecule has 0 amide bonds. The molecule has 0 N–H and O–H groups in total. The Morgan fingerprint density at radius 3 is 3.00 bits per heavy atom. The van der Waals surface area contributed by atoms with Gasteiger partial charge < -0.3 is 4.74 Å². The van der Waals surface area contributed by atoms with Crippen LogP contribution in [0.3, 0.4) is 0 Å². The molecule has 1 heteroatoms. The summed E-state index contributed by atoms with van der Waals surface area (Å²) < 4.78 is 5.44. The number of hydrogen-bond acceptors (Lipinski definition) is 1. The summed E-state index contributed by atoms with van der Waals surface area (Å²) in [7, 11) is 0. The molecule has 0 aliphatic rings. The van der Waals surface area contributed by atoms with Crippen LogP contribution in [0.15, 0.2) is 30.4 Å². The van der Waals surface area contributed by atoms with Crippen molar-refractivity contribution in [1.82, 2.24) is 0 Å².